The lowest BCUT2D eigenvalue weighted by Crippen LogP contribution is -2.18. The molecule has 14 heavy (non-hydrogen) atoms. The van der Waals surface area contributed by atoms with Crippen LogP contribution in [-0.2, 0) is 11.8 Å². The Bertz CT molecular complexity index is 423. The second-order valence-corrected chi connectivity index (χ2v) is 5.04. The van der Waals surface area contributed by atoms with Gasteiger partial charge in [0.25, 0.3) is 0 Å². The lowest BCUT2D eigenvalue weighted by molar-refractivity contribution is 0.259. The second kappa shape index (κ2) is 2.00. The van der Waals surface area contributed by atoms with E-state index in [2.05, 4.69) is 25.1 Å². The number of aryl methyl sites for hydroxylation is 1. The highest BCUT2D eigenvalue weighted by molar-refractivity contribution is 5.56. The summed E-state index contributed by atoms with van der Waals surface area (Å²) in [4.78, 5) is 0. The Morgan fingerprint density at radius 3 is 3.29 bits per heavy atom. The zero-order valence-electron chi connectivity index (χ0n) is 8.42. The topological polar surface area (TPSA) is 9.23 Å². The number of hydrogen-bond acceptors (Lipinski definition) is 1. The molecule has 72 valence electrons. The summed E-state index contributed by atoms with van der Waals surface area (Å²) in [5.41, 5.74) is 3.67. The van der Waals surface area contributed by atoms with E-state index in [1.807, 2.05) is 0 Å². The summed E-state index contributed by atoms with van der Waals surface area (Å²) in [7, 11) is 0. The molecule has 3 atom stereocenters. The van der Waals surface area contributed by atoms with Gasteiger partial charge in [-0.15, -0.1) is 0 Å². The van der Waals surface area contributed by atoms with E-state index in [-0.39, 0.29) is 0 Å². The molecular formula is C13H14O. The smallest absolute Gasteiger partial charge is 0.123 e. The van der Waals surface area contributed by atoms with Crippen molar-refractivity contribution in [2.24, 2.45) is 11.8 Å². The largest absolute Gasteiger partial charge is 0.493 e. The molecule has 3 aliphatic rings. The maximum Gasteiger partial charge on any atom is 0.123 e. The Morgan fingerprint density at radius 2 is 2.36 bits per heavy atom. The van der Waals surface area contributed by atoms with E-state index in [1.165, 1.54) is 18.6 Å². The van der Waals surface area contributed by atoms with Crippen molar-refractivity contribution in [1.29, 1.82) is 0 Å². The fourth-order valence-corrected chi connectivity index (χ4v) is 3.92. The number of ether oxygens (including phenoxy) is 1. The fourth-order valence-electron chi connectivity index (χ4n) is 3.92. The van der Waals surface area contributed by atoms with Crippen molar-refractivity contribution >= 4 is 0 Å². The molecule has 1 saturated carbocycles. The van der Waals surface area contributed by atoms with Crippen LogP contribution in [0.15, 0.2) is 18.2 Å². The Kier molecular flexibility index (Phi) is 1.05. The molecule has 1 aliphatic heterocycles. The van der Waals surface area contributed by atoms with Crippen molar-refractivity contribution < 1.29 is 4.74 Å². The third kappa shape index (κ3) is 0.571. The maximum atomic E-state index is 5.83. The van der Waals surface area contributed by atoms with E-state index < -0.39 is 0 Å². The number of benzene rings is 1. The molecule has 1 heterocycles. The third-order valence-corrected chi connectivity index (χ3v) is 4.77. The highest BCUT2D eigenvalue weighted by Crippen LogP contribution is 2.69. The molecule has 0 bridgehead atoms. The monoisotopic (exact) mass is 186 g/mol. The van der Waals surface area contributed by atoms with Crippen molar-refractivity contribution in [3.63, 3.8) is 0 Å². The molecule has 4 rings (SSSR count). The predicted molar refractivity (Wildman–Crippen MR) is 54.6 cm³/mol. The van der Waals surface area contributed by atoms with Crippen molar-refractivity contribution in [2.75, 3.05) is 6.61 Å². The molecule has 2 aliphatic carbocycles. The van der Waals surface area contributed by atoms with Crippen LogP contribution in [0.25, 0.3) is 0 Å². The summed E-state index contributed by atoms with van der Waals surface area (Å²) in [5.74, 6) is 2.85. The fraction of sp³-hybridized carbons (Fsp3) is 0.538. The van der Waals surface area contributed by atoms with Gasteiger partial charge in [-0.25, -0.2) is 0 Å². The Labute approximate surface area is 84.1 Å². The van der Waals surface area contributed by atoms with Crippen molar-refractivity contribution in [2.45, 2.75) is 25.2 Å². The summed E-state index contributed by atoms with van der Waals surface area (Å²) in [5, 5.41) is 0. The minimum Gasteiger partial charge on any atom is -0.493 e. The number of hydrogen-bond donors (Lipinski definition) is 0. The lowest BCUT2D eigenvalue weighted by atomic mass is 9.92. The van der Waals surface area contributed by atoms with E-state index >= 15 is 0 Å². The van der Waals surface area contributed by atoms with Crippen LogP contribution in [0.1, 0.15) is 24.5 Å². The minimum absolute atomic E-state index is 0.546. The van der Waals surface area contributed by atoms with Crippen molar-refractivity contribution in [1.82, 2.24) is 0 Å². The van der Waals surface area contributed by atoms with Crippen LogP contribution < -0.4 is 4.74 Å². The summed E-state index contributed by atoms with van der Waals surface area (Å²) in [6, 6.07) is 6.57. The molecule has 0 amide bonds. The first kappa shape index (κ1) is 7.33. The molecule has 1 fully saturated rings. The van der Waals surface area contributed by atoms with Gasteiger partial charge in [-0.2, -0.15) is 0 Å². The zero-order chi connectivity index (χ0) is 9.34. The zero-order valence-corrected chi connectivity index (χ0v) is 8.42. The lowest BCUT2D eigenvalue weighted by Gasteiger charge is -2.22. The van der Waals surface area contributed by atoms with Gasteiger partial charge in [-0.1, -0.05) is 19.1 Å². The van der Waals surface area contributed by atoms with Gasteiger partial charge in [0, 0.05) is 16.9 Å². The quantitative estimate of drug-likeness (QED) is 0.605. The molecule has 1 heteroatoms. The maximum absolute atomic E-state index is 5.83. The first-order chi connectivity index (χ1) is 6.84. The SMILES string of the molecule is C[C@H]1[C@@H]2COc3cccc4c3[C@]12CC4. The van der Waals surface area contributed by atoms with Crippen LogP contribution in [0.2, 0.25) is 0 Å². The van der Waals surface area contributed by atoms with E-state index in [0.29, 0.717) is 5.41 Å². The van der Waals surface area contributed by atoms with Crippen LogP contribution in [0, 0.1) is 11.8 Å². The van der Waals surface area contributed by atoms with Gasteiger partial charge in [-0.3, -0.25) is 0 Å². The van der Waals surface area contributed by atoms with E-state index in [9.17, 15) is 0 Å². The number of rotatable bonds is 0. The molecule has 0 aromatic heterocycles. The summed E-state index contributed by atoms with van der Waals surface area (Å²) in [6.45, 7) is 3.35. The van der Waals surface area contributed by atoms with Gasteiger partial charge in [0.1, 0.15) is 5.75 Å². The predicted octanol–water partition coefficient (Wildman–Crippen LogP) is 2.53. The summed E-state index contributed by atoms with van der Waals surface area (Å²) >= 11 is 0. The Balaban J connectivity index is 2.04. The van der Waals surface area contributed by atoms with Crippen LogP contribution in [-0.4, -0.2) is 6.61 Å². The molecule has 0 unspecified atom stereocenters. The molecule has 1 nitrogen and oxygen atoms in total. The second-order valence-electron chi connectivity index (χ2n) is 5.04. The molecular weight excluding hydrogens is 172 g/mol. The highest BCUT2D eigenvalue weighted by Gasteiger charge is 2.67. The van der Waals surface area contributed by atoms with Gasteiger partial charge in [0.2, 0.25) is 0 Å². The van der Waals surface area contributed by atoms with Crippen molar-refractivity contribution in [3.8, 4) is 5.75 Å². The van der Waals surface area contributed by atoms with Gasteiger partial charge in [-0.05, 0) is 30.4 Å². The first-order valence-corrected chi connectivity index (χ1v) is 5.59. The molecule has 1 aromatic carbocycles. The minimum atomic E-state index is 0.546. The molecule has 0 radical (unpaired) electrons. The first-order valence-electron chi connectivity index (χ1n) is 5.59. The van der Waals surface area contributed by atoms with Crippen LogP contribution in [0.4, 0.5) is 0 Å². The van der Waals surface area contributed by atoms with Gasteiger partial charge in [0.15, 0.2) is 0 Å². The van der Waals surface area contributed by atoms with Gasteiger partial charge >= 0.3 is 0 Å². The van der Waals surface area contributed by atoms with E-state index in [4.69, 9.17) is 4.74 Å². The summed E-state index contributed by atoms with van der Waals surface area (Å²) < 4.78 is 5.83. The Morgan fingerprint density at radius 1 is 1.43 bits per heavy atom. The Hall–Kier alpha value is -0.980. The standard InChI is InChI=1S/C13H14O/c1-8-10-7-14-11-4-2-3-9-5-6-13(8,10)12(9)11/h2-4,8,10H,5-7H2,1H3/t8-,10-,13+/m0/s1. The van der Waals surface area contributed by atoms with Gasteiger partial charge < -0.3 is 4.74 Å². The van der Waals surface area contributed by atoms with E-state index in [0.717, 1.165) is 18.4 Å². The molecule has 0 N–H and O–H groups in total. The van der Waals surface area contributed by atoms with Gasteiger partial charge in [0.05, 0.1) is 6.61 Å². The highest BCUT2D eigenvalue weighted by atomic mass is 16.5. The average Bonchev–Trinajstić information content (AvgIpc) is 2.62. The molecule has 1 spiro atoms. The normalized spacial score (nSPS) is 41.2. The summed E-state index contributed by atoms with van der Waals surface area (Å²) in [6.07, 6.45) is 2.64. The van der Waals surface area contributed by atoms with Crippen LogP contribution in [0.5, 0.6) is 5.75 Å². The molecule has 1 aromatic rings. The van der Waals surface area contributed by atoms with Crippen molar-refractivity contribution in [3.05, 3.63) is 29.3 Å². The van der Waals surface area contributed by atoms with Crippen LogP contribution in [0.3, 0.4) is 0 Å². The van der Waals surface area contributed by atoms with Crippen LogP contribution >= 0.6 is 0 Å². The average molecular weight is 186 g/mol. The molecule has 0 saturated heterocycles. The van der Waals surface area contributed by atoms with E-state index in [1.54, 1.807) is 11.1 Å². The third-order valence-electron chi connectivity index (χ3n) is 4.77.